The number of hydrogen-bond acceptors (Lipinski definition) is 9. The molecule has 2 rings (SSSR count). The highest BCUT2D eigenvalue weighted by atomic mass is 16.7. The number of carbonyl (C=O) groups excluding carboxylic acids is 4. The summed E-state index contributed by atoms with van der Waals surface area (Å²) in [7, 11) is 2.80. The molecule has 0 aliphatic carbocycles. The standard InChI is InChI=1S/C28H43N3O9/c1-10-28(36-8,37-9)17-21(31(25(35)40-27(5,6)7)29-23(33)39-26(2,3)4)22(32)30-20(18-38-24(30)34)16-19-14-12-11-13-15-19/h11-15,20-21H,10,16-18H2,1-9H3,(H,29,33)/t20-,21-/m1/s1. The quantitative estimate of drug-likeness (QED) is 0.263. The Hall–Kier alpha value is -3.38. The molecule has 0 bridgehead atoms. The smallest absolute Gasteiger partial charge is 0.430 e. The Labute approximate surface area is 236 Å². The number of nitrogens with one attached hydrogen (secondary N) is 1. The van der Waals surface area contributed by atoms with E-state index in [1.54, 1.807) is 48.5 Å². The summed E-state index contributed by atoms with van der Waals surface area (Å²) in [5.74, 6) is -2.16. The Balaban J connectivity index is 2.58. The normalized spacial score (nSPS) is 16.7. The van der Waals surface area contributed by atoms with Gasteiger partial charge < -0.3 is 23.7 Å². The molecule has 12 nitrogen and oxygen atoms in total. The third kappa shape index (κ3) is 9.09. The number of hydrogen-bond donors (Lipinski definition) is 1. The molecule has 1 aliphatic heterocycles. The van der Waals surface area contributed by atoms with Gasteiger partial charge in [0.25, 0.3) is 5.91 Å². The van der Waals surface area contributed by atoms with Crippen molar-refractivity contribution in [2.75, 3.05) is 20.8 Å². The second kappa shape index (κ2) is 13.3. The van der Waals surface area contributed by atoms with Gasteiger partial charge in [0.15, 0.2) is 5.79 Å². The minimum absolute atomic E-state index is 0.0361. The summed E-state index contributed by atoms with van der Waals surface area (Å²) in [6.07, 6.45) is -2.57. The van der Waals surface area contributed by atoms with E-state index in [0.29, 0.717) is 6.42 Å². The first-order chi connectivity index (χ1) is 18.5. The van der Waals surface area contributed by atoms with E-state index in [2.05, 4.69) is 5.43 Å². The lowest BCUT2D eigenvalue weighted by Crippen LogP contribution is -2.62. The molecule has 1 aliphatic rings. The Kier molecular flexibility index (Phi) is 10.9. The molecule has 0 spiro atoms. The van der Waals surface area contributed by atoms with Crippen molar-refractivity contribution < 1.29 is 42.9 Å². The Morgan fingerprint density at radius 2 is 1.60 bits per heavy atom. The Bertz CT molecular complexity index is 1020. The van der Waals surface area contributed by atoms with E-state index in [9.17, 15) is 19.2 Å². The molecule has 2 atom stereocenters. The van der Waals surface area contributed by atoms with E-state index in [1.807, 2.05) is 30.3 Å². The van der Waals surface area contributed by atoms with Crippen molar-refractivity contribution in [3.8, 4) is 0 Å². The number of hydrazine groups is 1. The summed E-state index contributed by atoms with van der Waals surface area (Å²) < 4.78 is 27.4. The van der Waals surface area contributed by atoms with E-state index in [1.165, 1.54) is 14.2 Å². The molecule has 224 valence electrons. The lowest BCUT2D eigenvalue weighted by molar-refractivity contribution is -0.220. The molecule has 1 aromatic carbocycles. The number of benzene rings is 1. The molecular weight excluding hydrogens is 522 g/mol. The molecule has 12 heteroatoms. The Morgan fingerprint density at radius 3 is 2.10 bits per heavy atom. The van der Waals surface area contributed by atoms with Gasteiger partial charge in [0, 0.05) is 20.6 Å². The van der Waals surface area contributed by atoms with Crippen LogP contribution in [-0.2, 0) is 34.9 Å². The molecule has 1 heterocycles. The Morgan fingerprint density at radius 1 is 1.02 bits per heavy atom. The summed E-state index contributed by atoms with van der Waals surface area (Å²) in [5, 5.41) is 0.731. The van der Waals surface area contributed by atoms with Crippen LogP contribution in [0.5, 0.6) is 0 Å². The predicted molar refractivity (Wildman–Crippen MR) is 145 cm³/mol. The van der Waals surface area contributed by atoms with Gasteiger partial charge in [-0.2, -0.15) is 0 Å². The first kappa shape index (κ1) is 32.8. The van der Waals surface area contributed by atoms with Gasteiger partial charge in [-0.15, -0.1) is 0 Å². The van der Waals surface area contributed by atoms with Crippen LogP contribution in [0.1, 0.15) is 66.9 Å². The second-order valence-corrected chi connectivity index (χ2v) is 11.5. The number of methoxy groups -OCH3 is 2. The van der Waals surface area contributed by atoms with Crippen molar-refractivity contribution in [1.82, 2.24) is 15.3 Å². The van der Waals surface area contributed by atoms with Crippen LogP contribution in [0.4, 0.5) is 14.4 Å². The molecule has 4 amide bonds. The van der Waals surface area contributed by atoms with Crippen molar-refractivity contribution in [2.45, 2.75) is 96.8 Å². The monoisotopic (exact) mass is 565 g/mol. The van der Waals surface area contributed by atoms with Crippen molar-refractivity contribution in [3.63, 3.8) is 0 Å². The van der Waals surface area contributed by atoms with Crippen LogP contribution in [0, 0.1) is 0 Å². The van der Waals surface area contributed by atoms with Crippen LogP contribution in [0.25, 0.3) is 0 Å². The van der Waals surface area contributed by atoms with E-state index in [0.717, 1.165) is 15.5 Å². The summed E-state index contributed by atoms with van der Waals surface area (Å²) in [5.41, 5.74) is 1.36. The zero-order chi connectivity index (χ0) is 30.3. The lowest BCUT2D eigenvalue weighted by Gasteiger charge is -2.39. The predicted octanol–water partition coefficient (Wildman–Crippen LogP) is 4.41. The van der Waals surface area contributed by atoms with Gasteiger partial charge in [-0.05, 0) is 59.9 Å². The number of cyclic esters (lactones) is 1. The maximum Gasteiger partial charge on any atom is 0.430 e. The third-order valence-corrected chi connectivity index (χ3v) is 6.10. The molecule has 0 unspecified atom stereocenters. The van der Waals surface area contributed by atoms with Crippen LogP contribution in [0.2, 0.25) is 0 Å². The third-order valence-electron chi connectivity index (χ3n) is 6.10. The van der Waals surface area contributed by atoms with Crippen molar-refractivity contribution in [2.24, 2.45) is 0 Å². The molecule has 0 radical (unpaired) electrons. The van der Waals surface area contributed by atoms with Crippen LogP contribution >= 0.6 is 0 Å². The SMILES string of the molecule is CCC(C[C@H](C(=O)N1C(=O)OC[C@H]1Cc1ccccc1)N(NC(=O)OC(C)(C)C)C(=O)OC(C)(C)C)(OC)OC. The number of nitrogens with zero attached hydrogens (tertiary/aromatic N) is 2. The second-order valence-electron chi connectivity index (χ2n) is 11.5. The largest absolute Gasteiger partial charge is 0.447 e. The highest BCUT2D eigenvalue weighted by Gasteiger charge is 2.48. The van der Waals surface area contributed by atoms with E-state index in [4.69, 9.17) is 23.7 Å². The van der Waals surface area contributed by atoms with Gasteiger partial charge in [0.1, 0.15) is 23.9 Å². The zero-order valence-corrected chi connectivity index (χ0v) is 24.9. The average Bonchev–Trinajstić information content (AvgIpc) is 3.21. The number of rotatable bonds is 9. The fourth-order valence-electron chi connectivity index (χ4n) is 4.16. The number of imide groups is 1. The van der Waals surface area contributed by atoms with Gasteiger partial charge in [-0.3, -0.25) is 4.79 Å². The lowest BCUT2D eigenvalue weighted by atomic mass is 10.00. The van der Waals surface area contributed by atoms with Gasteiger partial charge in [0.05, 0.1) is 6.04 Å². The molecule has 1 aromatic rings. The maximum atomic E-state index is 14.2. The first-order valence-corrected chi connectivity index (χ1v) is 13.2. The van der Waals surface area contributed by atoms with Gasteiger partial charge in [0.2, 0.25) is 0 Å². The fraction of sp³-hybridized carbons (Fsp3) is 0.643. The molecule has 1 N–H and O–H groups in total. The number of ether oxygens (including phenoxy) is 5. The zero-order valence-electron chi connectivity index (χ0n) is 24.9. The first-order valence-electron chi connectivity index (χ1n) is 13.2. The minimum Gasteiger partial charge on any atom is -0.447 e. The molecular formula is C28H43N3O9. The van der Waals surface area contributed by atoms with Gasteiger partial charge in [-0.1, -0.05) is 37.3 Å². The highest BCUT2D eigenvalue weighted by molar-refractivity contribution is 5.98. The molecule has 1 saturated heterocycles. The van der Waals surface area contributed by atoms with E-state index < -0.39 is 53.3 Å². The molecule has 0 aromatic heterocycles. The highest BCUT2D eigenvalue weighted by Crippen LogP contribution is 2.29. The number of carbonyl (C=O) groups is 4. The summed E-state index contributed by atoms with van der Waals surface area (Å²) in [4.78, 5) is 54.5. The maximum absolute atomic E-state index is 14.2. The fourth-order valence-corrected chi connectivity index (χ4v) is 4.16. The average molecular weight is 566 g/mol. The summed E-state index contributed by atoms with van der Waals surface area (Å²) in [6, 6.07) is 7.14. The van der Waals surface area contributed by atoms with Gasteiger partial charge in [-0.25, -0.2) is 29.7 Å². The van der Waals surface area contributed by atoms with Crippen molar-refractivity contribution in [3.05, 3.63) is 35.9 Å². The van der Waals surface area contributed by atoms with Crippen LogP contribution in [0.15, 0.2) is 30.3 Å². The minimum atomic E-state index is -1.51. The molecule has 1 fully saturated rings. The van der Waals surface area contributed by atoms with Crippen molar-refractivity contribution in [1.29, 1.82) is 0 Å². The summed E-state index contributed by atoms with van der Waals surface area (Å²) in [6.45, 7) is 11.6. The van der Waals surface area contributed by atoms with Gasteiger partial charge >= 0.3 is 18.3 Å². The molecule has 40 heavy (non-hydrogen) atoms. The van der Waals surface area contributed by atoms with Crippen LogP contribution in [0.3, 0.4) is 0 Å². The number of amides is 4. The van der Waals surface area contributed by atoms with Crippen LogP contribution in [-0.4, -0.2) is 84.0 Å². The van der Waals surface area contributed by atoms with Crippen LogP contribution < -0.4 is 5.43 Å². The van der Waals surface area contributed by atoms with Crippen molar-refractivity contribution >= 4 is 24.2 Å². The molecule has 0 saturated carbocycles. The topological polar surface area (TPSA) is 133 Å². The van der Waals surface area contributed by atoms with E-state index >= 15 is 0 Å². The van der Waals surface area contributed by atoms with E-state index in [-0.39, 0.29) is 19.4 Å². The summed E-state index contributed by atoms with van der Waals surface area (Å²) >= 11 is 0.